The summed E-state index contributed by atoms with van der Waals surface area (Å²) >= 11 is 3.30. The molecule has 0 saturated heterocycles. The van der Waals surface area contributed by atoms with Crippen molar-refractivity contribution in [3.63, 3.8) is 0 Å². The van der Waals surface area contributed by atoms with Crippen LogP contribution in [-0.4, -0.2) is 27.9 Å². The third-order valence-corrected chi connectivity index (χ3v) is 4.33. The number of ether oxygens (including phenoxy) is 1. The van der Waals surface area contributed by atoms with E-state index in [9.17, 15) is 8.42 Å². The molecule has 1 rings (SSSR count). The molecule has 0 atom stereocenters. The standard InChI is InChI=1S/C10H13BrO3S/c1-14-6-7-15(12,13)10-4-2-9(8-11)3-5-10/h2-5H,6-8H2,1H3. The Morgan fingerprint density at radius 1 is 1.27 bits per heavy atom. The largest absolute Gasteiger partial charge is 0.384 e. The molecule has 0 N–H and O–H groups in total. The second kappa shape index (κ2) is 5.63. The van der Waals surface area contributed by atoms with E-state index >= 15 is 0 Å². The van der Waals surface area contributed by atoms with E-state index < -0.39 is 9.84 Å². The Morgan fingerprint density at radius 2 is 1.87 bits per heavy atom. The maximum absolute atomic E-state index is 11.7. The molecule has 5 heteroatoms. The molecule has 0 spiro atoms. The van der Waals surface area contributed by atoms with E-state index in [4.69, 9.17) is 4.74 Å². The third-order valence-electron chi connectivity index (χ3n) is 1.99. The first-order valence-electron chi connectivity index (χ1n) is 4.47. The molecular weight excluding hydrogens is 280 g/mol. The van der Waals surface area contributed by atoms with E-state index in [0.717, 1.165) is 10.9 Å². The van der Waals surface area contributed by atoms with Crippen molar-refractivity contribution >= 4 is 25.8 Å². The van der Waals surface area contributed by atoms with Crippen LogP contribution < -0.4 is 0 Å². The van der Waals surface area contributed by atoms with Crippen molar-refractivity contribution in [1.29, 1.82) is 0 Å². The van der Waals surface area contributed by atoms with Crippen LogP contribution in [0.3, 0.4) is 0 Å². The Labute approximate surface area is 98.5 Å². The number of hydrogen-bond acceptors (Lipinski definition) is 3. The quantitative estimate of drug-likeness (QED) is 0.780. The molecule has 0 fully saturated rings. The fourth-order valence-electron chi connectivity index (χ4n) is 1.10. The molecule has 0 aliphatic carbocycles. The maximum atomic E-state index is 11.7. The number of alkyl halides is 1. The van der Waals surface area contributed by atoms with Crippen molar-refractivity contribution in [3.8, 4) is 0 Å². The van der Waals surface area contributed by atoms with Gasteiger partial charge in [-0.05, 0) is 17.7 Å². The summed E-state index contributed by atoms with van der Waals surface area (Å²) in [5.41, 5.74) is 1.06. The van der Waals surface area contributed by atoms with Gasteiger partial charge < -0.3 is 4.74 Å². The molecule has 0 radical (unpaired) electrons. The zero-order valence-electron chi connectivity index (χ0n) is 8.44. The zero-order valence-corrected chi connectivity index (χ0v) is 10.8. The van der Waals surface area contributed by atoms with Crippen LogP contribution >= 0.6 is 15.9 Å². The topological polar surface area (TPSA) is 43.4 Å². The highest BCUT2D eigenvalue weighted by molar-refractivity contribution is 9.08. The van der Waals surface area contributed by atoms with Gasteiger partial charge in [-0.2, -0.15) is 0 Å². The van der Waals surface area contributed by atoms with E-state index in [1.807, 2.05) is 0 Å². The van der Waals surface area contributed by atoms with Crippen molar-refractivity contribution in [3.05, 3.63) is 29.8 Å². The lowest BCUT2D eigenvalue weighted by molar-refractivity contribution is 0.217. The SMILES string of the molecule is COCCS(=O)(=O)c1ccc(CBr)cc1. The highest BCUT2D eigenvalue weighted by Gasteiger charge is 2.13. The van der Waals surface area contributed by atoms with Crippen LogP contribution in [0.15, 0.2) is 29.2 Å². The maximum Gasteiger partial charge on any atom is 0.180 e. The molecule has 0 bridgehead atoms. The van der Waals surface area contributed by atoms with Gasteiger partial charge in [0.25, 0.3) is 0 Å². The number of methoxy groups -OCH3 is 1. The van der Waals surface area contributed by atoms with Gasteiger partial charge in [0.05, 0.1) is 17.3 Å². The lowest BCUT2D eigenvalue weighted by Gasteiger charge is -2.04. The Morgan fingerprint density at radius 3 is 2.33 bits per heavy atom. The fourth-order valence-corrected chi connectivity index (χ4v) is 2.64. The van der Waals surface area contributed by atoms with Gasteiger partial charge in [0.2, 0.25) is 0 Å². The van der Waals surface area contributed by atoms with Crippen molar-refractivity contribution in [2.24, 2.45) is 0 Å². The molecular formula is C10H13BrO3S. The second-order valence-corrected chi connectivity index (χ2v) is 5.76. The van der Waals surface area contributed by atoms with Crippen LogP contribution in [0.1, 0.15) is 5.56 Å². The summed E-state index contributed by atoms with van der Waals surface area (Å²) in [6.45, 7) is 0.225. The van der Waals surface area contributed by atoms with E-state index in [1.165, 1.54) is 7.11 Å². The third kappa shape index (κ3) is 3.59. The van der Waals surface area contributed by atoms with Gasteiger partial charge in [0.1, 0.15) is 0 Å². The lowest BCUT2D eigenvalue weighted by atomic mass is 10.2. The van der Waals surface area contributed by atoms with E-state index in [0.29, 0.717) is 4.90 Å². The highest BCUT2D eigenvalue weighted by atomic mass is 79.9. The highest BCUT2D eigenvalue weighted by Crippen LogP contribution is 2.13. The minimum atomic E-state index is -3.19. The minimum absolute atomic E-state index is 0.0250. The molecule has 1 aromatic carbocycles. The summed E-state index contributed by atoms with van der Waals surface area (Å²) in [5, 5.41) is 0.728. The van der Waals surface area contributed by atoms with Gasteiger partial charge in [-0.15, -0.1) is 0 Å². The van der Waals surface area contributed by atoms with E-state index in [2.05, 4.69) is 15.9 Å². The van der Waals surface area contributed by atoms with Gasteiger partial charge in [-0.3, -0.25) is 0 Å². The Hall–Kier alpha value is -0.390. The number of benzene rings is 1. The van der Waals surface area contributed by atoms with Crippen molar-refractivity contribution in [2.75, 3.05) is 19.5 Å². The molecule has 15 heavy (non-hydrogen) atoms. The van der Waals surface area contributed by atoms with Crippen LogP contribution in [-0.2, 0) is 19.9 Å². The molecule has 3 nitrogen and oxygen atoms in total. The Bertz CT molecular complexity index is 397. The first kappa shape index (κ1) is 12.7. The number of halogens is 1. The van der Waals surface area contributed by atoms with E-state index in [-0.39, 0.29) is 12.4 Å². The van der Waals surface area contributed by atoms with Gasteiger partial charge in [0.15, 0.2) is 9.84 Å². The van der Waals surface area contributed by atoms with Crippen molar-refractivity contribution < 1.29 is 13.2 Å². The average Bonchev–Trinajstić information content (AvgIpc) is 2.26. The lowest BCUT2D eigenvalue weighted by Crippen LogP contribution is -2.11. The van der Waals surface area contributed by atoms with Crippen molar-refractivity contribution in [2.45, 2.75) is 10.2 Å². The summed E-state index contributed by atoms with van der Waals surface area (Å²) in [5.74, 6) is 0.0250. The number of hydrogen-bond donors (Lipinski definition) is 0. The molecule has 1 aromatic rings. The van der Waals surface area contributed by atoms with Crippen LogP contribution in [0.25, 0.3) is 0 Å². The summed E-state index contributed by atoms with van der Waals surface area (Å²) in [6.07, 6.45) is 0. The zero-order chi connectivity index (χ0) is 11.3. The predicted octanol–water partition coefficient (Wildman–Crippen LogP) is 2.00. The predicted molar refractivity (Wildman–Crippen MR) is 63.0 cm³/mol. The first-order valence-corrected chi connectivity index (χ1v) is 7.24. The summed E-state index contributed by atoms with van der Waals surface area (Å²) in [6, 6.07) is 6.85. The molecule has 0 saturated carbocycles. The van der Waals surface area contributed by atoms with Gasteiger partial charge in [0, 0.05) is 12.4 Å². The van der Waals surface area contributed by atoms with Crippen LogP contribution in [0.2, 0.25) is 0 Å². The number of rotatable bonds is 5. The van der Waals surface area contributed by atoms with Crippen molar-refractivity contribution in [1.82, 2.24) is 0 Å². The Balaban J connectivity index is 2.86. The summed E-state index contributed by atoms with van der Waals surface area (Å²) < 4.78 is 28.2. The second-order valence-electron chi connectivity index (χ2n) is 3.09. The summed E-state index contributed by atoms with van der Waals surface area (Å²) in [7, 11) is -1.70. The molecule has 0 heterocycles. The van der Waals surface area contributed by atoms with E-state index in [1.54, 1.807) is 24.3 Å². The molecule has 0 aliphatic heterocycles. The first-order chi connectivity index (χ1) is 7.10. The minimum Gasteiger partial charge on any atom is -0.384 e. The van der Waals surface area contributed by atoms with Crippen LogP contribution in [0.5, 0.6) is 0 Å². The molecule has 0 unspecified atom stereocenters. The van der Waals surface area contributed by atoms with Gasteiger partial charge >= 0.3 is 0 Å². The fraction of sp³-hybridized carbons (Fsp3) is 0.400. The number of sulfone groups is 1. The van der Waals surface area contributed by atoms with Crippen LogP contribution in [0, 0.1) is 0 Å². The average molecular weight is 293 g/mol. The smallest absolute Gasteiger partial charge is 0.180 e. The molecule has 0 aromatic heterocycles. The van der Waals surface area contributed by atoms with Gasteiger partial charge in [-0.25, -0.2) is 8.42 Å². The van der Waals surface area contributed by atoms with Gasteiger partial charge in [-0.1, -0.05) is 28.1 Å². The normalized spacial score (nSPS) is 11.6. The van der Waals surface area contributed by atoms with Crippen LogP contribution in [0.4, 0.5) is 0 Å². The Kier molecular flexibility index (Phi) is 4.76. The monoisotopic (exact) mass is 292 g/mol. The molecule has 84 valence electrons. The summed E-state index contributed by atoms with van der Waals surface area (Å²) in [4.78, 5) is 0.351. The molecule has 0 amide bonds. The molecule has 0 aliphatic rings.